The molecule has 2 heterocycles. The molecule has 7 heteroatoms. The molecule has 0 radical (unpaired) electrons. The Balaban J connectivity index is 1.61. The minimum Gasteiger partial charge on any atom is -0.454 e. The maximum Gasteiger partial charge on any atom is 0.257 e. The van der Waals surface area contributed by atoms with Crippen LogP contribution in [0.15, 0.2) is 36.4 Å². The molecule has 4 rings (SSSR count). The van der Waals surface area contributed by atoms with Crippen LogP contribution in [-0.2, 0) is 0 Å². The molecule has 0 atom stereocenters. The van der Waals surface area contributed by atoms with Gasteiger partial charge in [-0.05, 0) is 24.3 Å². The van der Waals surface area contributed by atoms with Crippen LogP contribution in [0.5, 0.6) is 11.5 Å². The van der Waals surface area contributed by atoms with Crippen molar-refractivity contribution in [3.8, 4) is 11.5 Å². The molecule has 0 saturated heterocycles. The summed E-state index contributed by atoms with van der Waals surface area (Å²) in [5.74, 6) is 1.15. The quantitative estimate of drug-likeness (QED) is 0.772. The van der Waals surface area contributed by atoms with Crippen LogP contribution in [0.4, 0.5) is 5.13 Å². The van der Waals surface area contributed by atoms with E-state index in [1.807, 2.05) is 12.1 Å². The molecule has 1 N–H and O–H groups in total. The highest BCUT2D eigenvalue weighted by Gasteiger charge is 2.17. The molecule has 0 aliphatic carbocycles. The van der Waals surface area contributed by atoms with Gasteiger partial charge < -0.3 is 9.47 Å². The van der Waals surface area contributed by atoms with Crippen molar-refractivity contribution in [1.82, 2.24) is 4.98 Å². The molecular formula is C15H9ClN2O3S. The summed E-state index contributed by atoms with van der Waals surface area (Å²) in [6, 6.07) is 10.4. The minimum atomic E-state index is -0.226. The van der Waals surface area contributed by atoms with E-state index in [2.05, 4.69) is 10.3 Å². The highest BCUT2D eigenvalue weighted by Crippen LogP contribution is 2.38. The van der Waals surface area contributed by atoms with E-state index in [4.69, 9.17) is 21.1 Å². The standard InChI is InChI=1S/C15H9ClN2O3S/c16-9-3-1-8(2-4-9)14(19)18-15-17-10-5-11-12(21-7-20-11)6-13(10)22-15/h1-6H,7H2,(H,17,18,19). The lowest BCUT2D eigenvalue weighted by atomic mass is 10.2. The number of nitrogens with one attached hydrogen (secondary N) is 1. The Hall–Kier alpha value is -2.31. The van der Waals surface area contributed by atoms with E-state index in [0.717, 1.165) is 10.2 Å². The van der Waals surface area contributed by atoms with Crippen LogP contribution in [0.3, 0.4) is 0 Å². The van der Waals surface area contributed by atoms with Gasteiger partial charge in [0, 0.05) is 22.7 Å². The zero-order valence-electron chi connectivity index (χ0n) is 11.1. The SMILES string of the molecule is O=C(Nc1nc2cc3c(cc2s1)OCO3)c1ccc(Cl)cc1. The third-order valence-electron chi connectivity index (χ3n) is 3.21. The number of carbonyl (C=O) groups is 1. The van der Waals surface area contributed by atoms with Crippen LogP contribution in [0.25, 0.3) is 10.2 Å². The van der Waals surface area contributed by atoms with Gasteiger partial charge in [0.25, 0.3) is 5.91 Å². The largest absolute Gasteiger partial charge is 0.454 e. The molecule has 3 aromatic rings. The fraction of sp³-hybridized carbons (Fsp3) is 0.0667. The molecule has 0 saturated carbocycles. The monoisotopic (exact) mass is 332 g/mol. The summed E-state index contributed by atoms with van der Waals surface area (Å²) >= 11 is 7.20. The Morgan fingerprint density at radius 3 is 2.68 bits per heavy atom. The highest BCUT2D eigenvalue weighted by atomic mass is 35.5. The van der Waals surface area contributed by atoms with Crippen molar-refractivity contribution in [1.29, 1.82) is 0 Å². The number of nitrogens with zero attached hydrogens (tertiary/aromatic N) is 1. The molecule has 110 valence electrons. The molecule has 5 nitrogen and oxygen atoms in total. The van der Waals surface area contributed by atoms with Gasteiger partial charge in [-0.3, -0.25) is 10.1 Å². The summed E-state index contributed by atoms with van der Waals surface area (Å²) in [7, 11) is 0. The average Bonchev–Trinajstić information content (AvgIpc) is 3.10. The second-order valence-corrected chi connectivity index (χ2v) is 6.12. The number of halogens is 1. The molecule has 1 aliphatic heterocycles. The summed E-state index contributed by atoms with van der Waals surface area (Å²) in [4.78, 5) is 16.6. The number of hydrogen-bond donors (Lipinski definition) is 1. The van der Waals surface area contributed by atoms with Crippen LogP contribution < -0.4 is 14.8 Å². The van der Waals surface area contributed by atoms with E-state index >= 15 is 0 Å². The highest BCUT2D eigenvalue weighted by molar-refractivity contribution is 7.22. The van der Waals surface area contributed by atoms with Crippen molar-refractivity contribution >= 4 is 44.2 Å². The van der Waals surface area contributed by atoms with Gasteiger partial charge in [0.05, 0.1) is 10.2 Å². The molecule has 22 heavy (non-hydrogen) atoms. The van der Waals surface area contributed by atoms with Crippen molar-refractivity contribution in [2.24, 2.45) is 0 Å². The predicted molar refractivity (Wildman–Crippen MR) is 85.1 cm³/mol. The van der Waals surface area contributed by atoms with Gasteiger partial charge in [-0.1, -0.05) is 22.9 Å². The zero-order chi connectivity index (χ0) is 15.1. The number of thiazole rings is 1. The Labute approximate surface area is 134 Å². The van der Waals surface area contributed by atoms with Crippen LogP contribution in [-0.4, -0.2) is 17.7 Å². The molecule has 1 aromatic heterocycles. The number of amides is 1. The Morgan fingerprint density at radius 1 is 1.18 bits per heavy atom. The number of aromatic nitrogens is 1. The summed E-state index contributed by atoms with van der Waals surface area (Å²) in [6.45, 7) is 0.229. The first-order chi connectivity index (χ1) is 10.7. The van der Waals surface area contributed by atoms with Crippen LogP contribution >= 0.6 is 22.9 Å². The van der Waals surface area contributed by atoms with Gasteiger partial charge in [0.1, 0.15) is 0 Å². The maximum absolute atomic E-state index is 12.2. The number of anilines is 1. The topological polar surface area (TPSA) is 60.5 Å². The summed E-state index contributed by atoms with van der Waals surface area (Å²) in [5, 5.41) is 3.90. The van der Waals surface area contributed by atoms with E-state index in [-0.39, 0.29) is 12.7 Å². The predicted octanol–water partition coefficient (Wildman–Crippen LogP) is 3.93. The van der Waals surface area contributed by atoms with Gasteiger partial charge in [0.15, 0.2) is 16.6 Å². The van der Waals surface area contributed by atoms with Gasteiger partial charge in [-0.15, -0.1) is 0 Å². The molecule has 2 aromatic carbocycles. The van der Waals surface area contributed by atoms with Crippen molar-refractivity contribution in [2.75, 3.05) is 12.1 Å². The van der Waals surface area contributed by atoms with E-state index < -0.39 is 0 Å². The van der Waals surface area contributed by atoms with Crippen molar-refractivity contribution in [3.63, 3.8) is 0 Å². The van der Waals surface area contributed by atoms with E-state index in [1.54, 1.807) is 24.3 Å². The fourth-order valence-corrected chi connectivity index (χ4v) is 3.14. The smallest absolute Gasteiger partial charge is 0.257 e. The van der Waals surface area contributed by atoms with E-state index in [1.165, 1.54) is 11.3 Å². The average molecular weight is 333 g/mol. The molecule has 0 unspecified atom stereocenters. The van der Waals surface area contributed by atoms with Crippen molar-refractivity contribution in [3.05, 3.63) is 47.0 Å². The lowest BCUT2D eigenvalue weighted by molar-refractivity contribution is 0.102. The second kappa shape index (κ2) is 5.15. The Bertz CT molecular complexity index is 835. The minimum absolute atomic E-state index is 0.226. The van der Waals surface area contributed by atoms with Crippen molar-refractivity contribution < 1.29 is 14.3 Å². The second-order valence-electron chi connectivity index (χ2n) is 4.65. The van der Waals surface area contributed by atoms with Crippen LogP contribution in [0, 0.1) is 0 Å². The van der Waals surface area contributed by atoms with Crippen molar-refractivity contribution in [2.45, 2.75) is 0 Å². The molecule has 1 amide bonds. The first kappa shape index (κ1) is 13.4. The third kappa shape index (κ3) is 2.36. The number of fused-ring (bicyclic) bond motifs is 2. The molecule has 0 bridgehead atoms. The van der Waals surface area contributed by atoms with Gasteiger partial charge >= 0.3 is 0 Å². The lowest BCUT2D eigenvalue weighted by Gasteiger charge is -2.01. The summed E-state index contributed by atoms with van der Waals surface area (Å²) < 4.78 is 11.6. The summed E-state index contributed by atoms with van der Waals surface area (Å²) in [5.41, 5.74) is 1.29. The molecule has 0 spiro atoms. The number of benzene rings is 2. The van der Waals surface area contributed by atoms with Gasteiger partial charge in [-0.25, -0.2) is 4.98 Å². The number of rotatable bonds is 2. The number of carbonyl (C=O) groups excluding carboxylic acids is 1. The molecule has 0 fully saturated rings. The zero-order valence-corrected chi connectivity index (χ0v) is 12.7. The summed E-state index contributed by atoms with van der Waals surface area (Å²) in [6.07, 6.45) is 0. The van der Waals surface area contributed by atoms with Crippen LogP contribution in [0.2, 0.25) is 5.02 Å². The molecule has 1 aliphatic rings. The van der Waals surface area contributed by atoms with Crippen LogP contribution in [0.1, 0.15) is 10.4 Å². The number of hydrogen-bond acceptors (Lipinski definition) is 5. The van der Waals surface area contributed by atoms with E-state index in [9.17, 15) is 4.79 Å². The maximum atomic E-state index is 12.2. The van der Waals surface area contributed by atoms with E-state index in [0.29, 0.717) is 27.2 Å². The lowest BCUT2D eigenvalue weighted by Crippen LogP contribution is -2.11. The Morgan fingerprint density at radius 2 is 1.91 bits per heavy atom. The fourth-order valence-electron chi connectivity index (χ4n) is 2.14. The molecular weight excluding hydrogens is 324 g/mol. The van der Waals surface area contributed by atoms with Gasteiger partial charge in [-0.2, -0.15) is 0 Å². The first-order valence-corrected chi connectivity index (χ1v) is 7.65. The first-order valence-electron chi connectivity index (χ1n) is 6.46. The normalized spacial score (nSPS) is 12.6. The Kier molecular flexibility index (Phi) is 3.13. The number of ether oxygens (including phenoxy) is 2. The third-order valence-corrected chi connectivity index (χ3v) is 4.40. The van der Waals surface area contributed by atoms with Gasteiger partial charge in [0.2, 0.25) is 6.79 Å².